The Hall–Kier alpha value is -1.70. The number of benzene rings is 1. The van der Waals surface area contributed by atoms with Crippen LogP contribution in [-0.4, -0.2) is 35.6 Å². The minimum atomic E-state index is -4.53. The molecule has 1 amide bonds. The minimum Gasteiger partial charge on any atom is -0.329 e. The monoisotopic (exact) mass is 336 g/mol. The van der Waals surface area contributed by atoms with Gasteiger partial charge in [-0.3, -0.25) is 4.79 Å². The highest BCUT2D eigenvalue weighted by Crippen LogP contribution is 2.32. The van der Waals surface area contributed by atoms with Gasteiger partial charge in [0, 0.05) is 19.0 Å². The number of carbonyl (C=O) groups is 1. The molecule has 0 radical (unpaired) electrons. The summed E-state index contributed by atoms with van der Waals surface area (Å²) in [6, 6.07) is 1.14. The van der Waals surface area contributed by atoms with Crippen molar-refractivity contribution in [1.29, 1.82) is 0 Å². The van der Waals surface area contributed by atoms with Crippen LogP contribution in [0.15, 0.2) is 18.2 Å². The van der Waals surface area contributed by atoms with E-state index in [-0.39, 0.29) is 37.8 Å². The van der Waals surface area contributed by atoms with E-state index in [0.717, 1.165) is 6.07 Å². The maximum absolute atomic E-state index is 13.5. The van der Waals surface area contributed by atoms with Crippen molar-refractivity contribution in [2.75, 3.05) is 6.54 Å². The van der Waals surface area contributed by atoms with Gasteiger partial charge in [-0.05, 0) is 30.9 Å². The van der Waals surface area contributed by atoms with Crippen molar-refractivity contribution in [3.63, 3.8) is 0 Å². The topological polar surface area (TPSA) is 46.3 Å². The summed E-state index contributed by atoms with van der Waals surface area (Å²) in [4.78, 5) is 12.8. The van der Waals surface area contributed by atoms with Crippen LogP contribution in [-0.2, 0) is 11.2 Å². The molecule has 0 aromatic heterocycles. The van der Waals surface area contributed by atoms with Gasteiger partial charge in [0.1, 0.15) is 6.04 Å². The summed E-state index contributed by atoms with van der Waals surface area (Å²) in [5, 5.41) is 0. The number of halogens is 5. The van der Waals surface area contributed by atoms with Gasteiger partial charge in [0.25, 0.3) is 0 Å². The van der Waals surface area contributed by atoms with E-state index in [1.54, 1.807) is 0 Å². The van der Waals surface area contributed by atoms with Gasteiger partial charge in [0.15, 0.2) is 11.6 Å². The predicted molar refractivity (Wildman–Crippen MR) is 73.4 cm³/mol. The minimum absolute atomic E-state index is 0.0387. The molecular weight excluding hydrogens is 319 g/mol. The molecule has 0 saturated carbocycles. The molecule has 128 valence electrons. The molecule has 0 bridgehead atoms. The summed E-state index contributed by atoms with van der Waals surface area (Å²) in [7, 11) is 0. The summed E-state index contributed by atoms with van der Waals surface area (Å²) in [6.07, 6.45) is -5.09. The Kier molecular flexibility index (Phi) is 5.23. The molecule has 2 atom stereocenters. The van der Waals surface area contributed by atoms with Crippen molar-refractivity contribution in [1.82, 2.24) is 4.90 Å². The van der Waals surface area contributed by atoms with Gasteiger partial charge in [-0.1, -0.05) is 12.1 Å². The fourth-order valence-electron chi connectivity index (χ4n) is 2.74. The molecule has 1 fully saturated rings. The van der Waals surface area contributed by atoms with Crippen LogP contribution in [0.4, 0.5) is 22.0 Å². The molecule has 0 unspecified atom stereocenters. The van der Waals surface area contributed by atoms with E-state index in [0.29, 0.717) is 4.90 Å². The lowest BCUT2D eigenvalue weighted by Crippen LogP contribution is -2.56. The number of nitrogens with two attached hydrogens (primary N) is 1. The highest BCUT2D eigenvalue weighted by molar-refractivity contribution is 5.77. The lowest BCUT2D eigenvalue weighted by Gasteiger charge is -2.39. The number of rotatable bonds is 3. The lowest BCUT2D eigenvalue weighted by atomic mass is 9.97. The number of likely N-dealkylation sites (tertiary alicyclic amines) is 1. The molecule has 1 heterocycles. The van der Waals surface area contributed by atoms with Crippen molar-refractivity contribution in [2.24, 2.45) is 5.73 Å². The summed E-state index contributed by atoms with van der Waals surface area (Å²) in [5.74, 6) is -2.89. The molecular formula is C15H17F5N2O. The van der Waals surface area contributed by atoms with Crippen LogP contribution in [0.5, 0.6) is 0 Å². The second-order valence-corrected chi connectivity index (χ2v) is 5.65. The third-order valence-corrected chi connectivity index (χ3v) is 3.96. The van der Waals surface area contributed by atoms with Gasteiger partial charge >= 0.3 is 6.18 Å². The first kappa shape index (κ1) is 17.7. The SMILES string of the molecule is N[C@H]1CC[C@H](C(F)(F)F)N(C(=O)CCc2cccc(F)c2F)C1. The molecule has 1 aromatic rings. The Morgan fingerprint density at radius 3 is 2.61 bits per heavy atom. The highest BCUT2D eigenvalue weighted by Gasteiger charge is 2.47. The normalized spacial score (nSPS) is 22.3. The molecule has 1 saturated heterocycles. The summed E-state index contributed by atoms with van der Waals surface area (Å²) < 4.78 is 65.7. The van der Waals surface area contributed by atoms with Crippen LogP contribution >= 0.6 is 0 Å². The molecule has 2 rings (SSSR count). The zero-order valence-corrected chi connectivity index (χ0v) is 12.2. The third-order valence-electron chi connectivity index (χ3n) is 3.96. The van der Waals surface area contributed by atoms with E-state index in [1.807, 2.05) is 0 Å². The average molecular weight is 336 g/mol. The van der Waals surface area contributed by atoms with E-state index in [2.05, 4.69) is 0 Å². The Labute approximate surface area is 130 Å². The molecule has 0 spiro atoms. The molecule has 1 aromatic carbocycles. The van der Waals surface area contributed by atoms with Crippen LogP contribution in [0.25, 0.3) is 0 Å². The number of amides is 1. The van der Waals surface area contributed by atoms with E-state index < -0.39 is 35.8 Å². The van der Waals surface area contributed by atoms with Crippen LogP contribution in [0, 0.1) is 11.6 Å². The maximum atomic E-state index is 13.5. The Balaban J connectivity index is 2.07. The number of alkyl halides is 3. The fraction of sp³-hybridized carbons (Fsp3) is 0.533. The lowest BCUT2D eigenvalue weighted by molar-refractivity contribution is -0.196. The second-order valence-electron chi connectivity index (χ2n) is 5.65. The summed E-state index contributed by atoms with van der Waals surface area (Å²) in [5.41, 5.74) is 5.61. The quantitative estimate of drug-likeness (QED) is 0.863. The number of aryl methyl sites for hydroxylation is 1. The van der Waals surface area contributed by atoms with Crippen LogP contribution in [0.1, 0.15) is 24.8 Å². The standard InChI is InChI=1S/C15H17F5N2O/c16-11-3-1-2-9(14(11)17)4-7-13(23)22-8-10(21)5-6-12(22)15(18,19)20/h1-3,10,12H,4-8,21H2/t10-,12+/m0/s1. The van der Waals surface area contributed by atoms with Crippen molar-refractivity contribution in [3.8, 4) is 0 Å². The molecule has 3 nitrogen and oxygen atoms in total. The third kappa shape index (κ3) is 4.19. The predicted octanol–water partition coefficient (Wildman–Crippen LogP) is 2.78. The summed E-state index contributed by atoms with van der Waals surface area (Å²) >= 11 is 0. The number of hydrogen-bond donors (Lipinski definition) is 1. The molecule has 1 aliphatic rings. The van der Waals surface area contributed by atoms with Crippen molar-refractivity contribution in [2.45, 2.75) is 43.9 Å². The van der Waals surface area contributed by atoms with Crippen molar-refractivity contribution < 1.29 is 26.7 Å². The first-order valence-electron chi connectivity index (χ1n) is 7.24. The first-order chi connectivity index (χ1) is 10.7. The van der Waals surface area contributed by atoms with E-state index in [1.165, 1.54) is 12.1 Å². The largest absolute Gasteiger partial charge is 0.408 e. The van der Waals surface area contributed by atoms with Gasteiger partial charge in [-0.25, -0.2) is 8.78 Å². The number of nitrogens with zero attached hydrogens (tertiary/aromatic N) is 1. The van der Waals surface area contributed by atoms with E-state index in [4.69, 9.17) is 5.73 Å². The zero-order valence-electron chi connectivity index (χ0n) is 12.2. The van der Waals surface area contributed by atoms with Crippen LogP contribution in [0.2, 0.25) is 0 Å². The average Bonchev–Trinajstić information content (AvgIpc) is 2.47. The fourth-order valence-corrected chi connectivity index (χ4v) is 2.74. The van der Waals surface area contributed by atoms with E-state index in [9.17, 15) is 26.7 Å². The smallest absolute Gasteiger partial charge is 0.329 e. The Bertz CT molecular complexity index is 575. The van der Waals surface area contributed by atoms with Crippen molar-refractivity contribution in [3.05, 3.63) is 35.4 Å². The van der Waals surface area contributed by atoms with Gasteiger partial charge in [-0.2, -0.15) is 13.2 Å². The van der Waals surface area contributed by atoms with Gasteiger partial charge in [0.2, 0.25) is 5.91 Å². The van der Waals surface area contributed by atoms with Crippen LogP contribution < -0.4 is 5.73 Å². The zero-order chi connectivity index (χ0) is 17.2. The molecule has 0 aliphatic carbocycles. The van der Waals surface area contributed by atoms with E-state index >= 15 is 0 Å². The Morgan fingerprint density at radius 2 is 1.96 bits per heavy atom. The maximum Gasteiger partial charge on any atom is 0.408 e. The summed E-state index contributed by atoms with van der Waals surface area (Å²) in [6.45, 7) is -0.186. The second kappa shape index (κ2) is 6.82. The van der Waals surface area contributed by atoms with Crippen LogP contribution in [0.3, 0.4) is 0 Å². The van der Waals surface area contributed by atoms with Gasteiger partial charge < -0.3 is 10.6 Å². The first-order valence-corrected chi connectivity index (χ1v) is 7.24. The molecule has 1 aliphatic heterocycles. The molecule has 23 heavy (non-hydrogen) atoms. The van der Waals surface area contributed by atoms with Crippen molar-refractivity contribution >= 4 is 5.91 Å². The molecule has 2 N–H and O–H groups in total. The molecule has 8 heteroatoms. The number of carbonyl (C=O) groups excluding carboxylic acids is 1. The number of hydrogen-bond acceptors (Lipinski definition) is 2. The highest BCUT2D eigenvalue weighted by atomic mass is 19.4. The Morgan fingerprint density at radius 1 is 1.26 bits per heavy atom. The number of piperidine rings is 1. The van der Waals surface area contributed by atoms with Gasteiger partial charge in [-0.15, -0.1) is 0 Å². The van der Waals surface area contributed by atoms with Gasteiger partial charge in [0.05, 0.1) is 0 Å².